The highest BCUT2D eigenvalue weighted by atomic mass is 16.7. The van der Waals surface area contributed by atoms with E-state index < -0.39 is 42.5 Å². The monoisotopic (exact) mass is 739 g/mol. The number of amides is 5. The van der Waals surface area contributed by atoms with E-state index in [1.54, 1.807) is 25.7 Å². The minimum atomic E-state index is -1.06. The third kappa shape index (κ3) is 12.3. The topological polar surface area (TPSA) is 130 Å². The number of nitrogens with one attached hydrogen (secondary N) is 2. The van der Waals surface area contributed by atoms with Crippen LogP contribution in [0.1, 0.15) is 49.9 Å². The van der Waals surface area contributed by atoms with Crippen molar-refractivity contribution in [1.82, 2.24) is 25.6 Å². The standard InChI is InChI=1S/C42H53N5O7/c1-8-53-38(52-7)29-46(27-34-19-14-18-33-17-12-13-20-35(33)34)39(49)36(25-31-23-21-30(2)22-24-31)44-37(48)28-47(41(51)54-42(3,4)5)45(6)40(50)43-26-32-15-10-9-11-16-32/h9-24,36,38H,8,25-29H2,1-7H3,(H,43,50)(H,44,48)/t36-,38?/m0/s1. The van der Waals surface area contributed by atoms with E-state index in [0.29, 0.717) is 6.61 Å². The summed E-state index contributed by atoms with van der Waals surface area (Å²) in [4.78, 5) is 57.1. The number of carbonyl (C=O) groups is 4. The molecule has 2 atom stereocenters. The van der Waals surface area contributed by atoms with Crippen molar-refractivity contribution in [2.75, 3.05) is 33.9 Å². The predicted molar refractivity (Wildman–Crippen MR) is 208 cm³/mol. The zero-order chi connectivity index (χ0) is 39.3. The van der Waals surface area contributed by atoms with Gasteiger partial charge in [0.25, 0.3) is 0 Å². The molecule has 288 valence electrons. The van der Waals surface area contributed by atoms with Gasteiger partial charge >= 0.3 is 12.1 Å². The lowest BCUT2D eigenvalue weighted by molar-refractivity contribution is -0.154. The van der Waals surface area contributed by atoms with Crippen LogP contribution in [-0.4, -0.2) is 90.6 Å². The van der Waals surface area contributed by atoms with Crippen LogP contribution in [-0.2, 0) is 43.3 Å². The van der Waals surface area contributed by atoms with Crippen LogP contribution >= 0.6 is 0 Å². The van der Waals surface area contributed by atoms with E-state index in [1.807, 2.05) is 111 Å². The molecule has 5 amide bonds. The van der Waals surface area contributed by atoms with E-state index in [2.05, 4.69) is 10.6 Å². The zero-order valence-corrected chi connectivity index (χ0v) is 32.3. The Morgan fingerprint density at radius 3 is 2.17 bits per heavy atom. The number of hydrogen-bond donors (Lipinski definition) is 2. The quantitative estimate of drug-likeness (QED) is 0.110. The van der Waals surface area contributed by atoms with Gasteiger partial charge in [-0.3, -0.25) is 9.59 Å². The Hall–Kier alpha value is -5.46. The van der Waals surface area contributed by atoms with Gasteiger partial charge in [0.05, 0.1) is 6.54 Å². The highest BCUT2D eigenvalue weighted by molar-refractivity contribution is 5.91. The Kier molecular flexibility index (Phi) is 15.0. The number of ether oxygens (including phenoxy) is 3. The molecule has 0 aliphatic carbocycles. The van der Waals surface area contributed by atoms with Gasteiger partial charge in [0.1, 0.15) is 18.2 Å². The second kappa shape index (κ2) is 19.6. The molecule has 0 saturated carbocycles. The molecule has 2 N–H and O–H groups in total. The lowest BCUT2D eigenvalue weighted by Crippen LogP contribution is -2.57. The maximum Gasteiger partial charge on any atom is 0.429 e. The number of hydrazine groups is 1. The van der Waals surface area contributed by atoms with Crippen LogP contribution in [0, 0.1) is 6.92 Å². The number of nitrogens with zero attached hydrogens (tertiary/aromatic N) is 3. The van der Waals surface area contributed by atoms with Crippen LogP contribution in [0.25, 0.3) is 10.8 Å². The first-order valence-electron chi connectivity index (χ1n) is 18.1. The SMILES string of the molecule is CCOC(CN(Cc1cccc2ccccc12)C(=O)[C@H](Cc1ccc(C)cc1)NC(=O)CN(C(=O)OC(C)(C)C)N(C)C(=O)NCc1ccccc1)OC. The van der Waals surface area contributed by atoms with Crippen molar-refractivity contribution in [2.24, 2.45) is 0 Å². The van der Waals surface area contributed by atoms with Gasteiger partial charge in [-0.2, -0.15) is 0 Å². The van der Waals surface area contributed by atoms with Crippen LogP contribution in [0.15, 0.2) is 97.1 Å². The number of urea groups is 1. The van der Waals surface area contributed by atoms with Crippen molar-refractivity contribution < 1.29 is 33.4 Å². The van der Waals surface area contributed by atoms with Crippen molar-refractivity contribution in [3.63, 3.8) is 0 Å². The van der Waals surface area contributed by atoms with Crippen molar-refractivity contribution in [3.8, 4) is 0 Å². The summed E-state index contributed by atoms with van der Waals surface area (Å²) in [6, 6.07) is 29.2. The van der Waals surface area contributed by atoms with Gasteiger partial charge in [-0.25, -0.2) is 19.6 Å². The van der Waals surface area contributed by atoms with Crippen LogP contribution in [0.2, 0.25) is 0 Å². The van der Waals surface area contributed by atoms with Gasteiger partial charge < -0.3 is 29.7 Å². The molecular formula is C42H53N5O7. The van der Waals surface area contributed by atoms with E-state index in [4.69, 9.17) is 14.2 Å². The molecule has 4 aromatic rings. The molecule has 4 rings (SSSR count). The fraction of sp³-hybridized carbons (Fsp3) is 0.381. The van der Waals surface area contributed by atoms with Gasteiger partial charge in [0.2, 0.25) is 11.8 Å². The summed E-state index contributed by atoms with van der Waals surface area (Å²) in [6.07, 6.45) is -1.48. The van der Waals surface area contributed by atoms with Crippen LogP contribution < -0.4 is 10.6 Å². The van der Waals surface area contributed by atoms with Gasteiger partial charge in [-0.15, -0.1) is 0 Å². The number of fused-ring (bicyclic) bond motifs is 1. The predicted octanol–water partition coefficient (Wildman–Crippen LogP) is 6.21. The van der Waals surface area contributed by atoms with E-state index in [-0.39, 0.29) is 32.0 Å². The van der Waals surface area contributed by atoms with Gasteiger partial charge in [-0.05, 0) is 62.1 Å². The molecule has 0 aliphatic heterocycles. The van der Waals surface area contributed by atoms with Crippen molar-refractivity contribution in [2.45, 2.75) is 72.1 Å². The first-order chi connectivity index (χ1) is 25.8. The van der Waals surface area contributed by atoms with E-state index in [1.165, 1.54) is 14.2 Å². The molecule has 0 aromatic heterocycles. The lowest BCUT2D eigenvalue weighted by atomic mass is 10.0. The van der Waals surface area contributed by atoms with E-state index >= 15 is 0 Å². The van der Waals surface area contributed by atoms with Crippen molar-refractivity contribution >= 4 is 34.7 Å². The van der Waals surface area contributed by atoms with Gasteiger partial charge in [0.15, 0.2) is 6.29 Å². The fourth-order valence-electron chi connectivity index (χ4n) is 5.79. The zero-order valence-electron chi connectivity index (χ0n) is 32.3. The summed E-state index contributed by atoms with van der Waals surface area (Å²) in [5, 5.41) is 9.60. The van der Waals surface area contributed by atoms with Crippen LogP contribution in [0.4, 0.5) is 9.59 Å². The number of hydrogen-bond acceptors (Lipinski definition) is 7. The van der Waals surface area contributed by atoms with E-state index in [0.717, 1.165) is 43.0 Å². The van der Waals surface area contributed by atoms with E-state index in [9.17, 15) is 19.2 Å². The molecule has 0 radical (unpaired) electrons. The molecular weight excluding hydrogens is 686 g/mol. The maximum absolute atomic E-state index is 14.7. The van der Waals surface area contributed by atoms with Crippen LogP contribution in [0.3, 0.4) is 0 Å². The number of aryl methyl sites for hydroxylation is 1. The molecule has 12 heteroatoms. The largest absolute Gasteiger partial charge is 0.442 e. The highest BCUT2D eigenvalue weighted by Gasteiger charge is 2.33. The molecule has 1 unspecified atom stereocenters. The molecule has 0 bridgehead atoms. The van der Waals surface area contributed by atoms with Crippen molar-refractivity contribution in [1.29, 1.82) is 0 Å². The average molecular weight is 740 g/mol. The third-order valence-corrected chi connectivity index (χ3v) is 8.57. The summed E-state index contributed by atoms with van der Waals surface area (Å²) in [7, 11) is 2.89. The Morgan fingerprint density at radius 1 is 0.833 bits per heavy atom. The highest BCUT2D eigenvalue weighted by Crippen LogP contribution is 2.22. The van der Waals surface area contributed by atoms with Crippen molar-refractivity contribution in [3.05, 3.63) is 119 Å². The molecule has 0 aliphatic rings. The second-order valence-electron chi connectivity index (χ2n) is 14.0. The molecule has 0 heterocycles. The van der Waals surface area contributed by atoms with Crippen LogP contribution in [0.5, 0.6) is 0 Å². The molecule has 4 aromatic carbocycles. The molecule has 12 nitrogen and oxygen atoms in total. The molecule has 0 fully saturated rings. The summed E-state index contributed by atoms with van der Waals surface area (Å²) in [5.41, 5.74) is 2.71. The lowest BCUT2D eigenvalue weighted by Gasteiger charge is -2.34. The number of benzene rings is 4. The summed E-state index contributed by atoms with van der Waals surface area (Å²) in [5.74, 6) is -1.05. The minimum absolute atomic E-state index is 0.0843. The first kappa shape index (κ1) is 41.3. The third-order valence-electron chi connectivity index (χ3n) is 8.57. The average Bonchev–Trinajstić information content (AvgIpc) is 3.15. The normalized spacial score (nSPS) is 12.4. The van der Waals surface area contributed by atoms with Gasteiger partial charge in [0, 0.05) is 40.3 Å². The second-order valence-corrected chi connectivity index (χ2v) is 14.0. The Labute approximate surface area is 318 Å². The molecule has 0 spiro atoms. The number of carbonyl (C=O) groups excluding carboxylic acids is 4. The summed E-state index contributed by atoms with van der Waals surface area (Å²) < 4.78 is 17.0. The summed E-state index contributed by atoms with van der Waals surface area (Å²) >= 11 is 0. The molecule has 54 heavy (non-hydrogen) atoms. The van der Waals surface area contributed by atoms with Gasteiger partial charge in [-0.1, -0.05) is 103 Å². The Balaban J connectivity index is 1.64. The Morgan fingerprint density at radius 2 is 1.50 bits per heavy atom. The maximum atomic E-state index is 14.7. The number of rotatable bonds is 15. The minimum Gasteiger partial charge on any atom is -0.442 e. The Bertz CT molecular complexity index is 1840. The smallest absolute Gasteiger partial charge is 0.429 e. The fourth-order valence-corrected chi connectivity index (χ4v) is 5.79. The number of methoxy groups -OCH3 is 1. The molecule has 0 saturated heterocycles. The summed E-state index contributed by atoms with van der Waals surface area (Å²) in [6.45, 7) is 9.13. The first-order valence-corrected chi connectivity index (χ1v) is 18.1.